The molecule has 1 unspecified atom stereocenters. The Hall–Kier alpha value is -2.42. The maximum Gasteiger partial charge on any atom is 0.243 e. The molecule has 1 atom stereocenters. The molecule has 162 valence electrons. The Morgan fingerprint density at radius 3 is 2.48 bits per heavy atom. The van der Waals surface area contributed by atoms with Gasteiger partial charge >= 0.3 is 0 Å². The summed E-state index contributed by atoms with van der Waals surface area (Å²) in [6.45, 7) is 3.10. The number of thioether (sulfide) groups is 1. The van der Waals surface area contributed by atoms with Crippen LogP contribution in [0.1, 0.15) is 26.2 Å². The van der Waals surface area contributed by atoms with E-state index in [4.69, 9.17) is 0 Å². The predicted octanol–water partition coefficient (Wildman–Crippen LogP) is 4.53. The first-order chi connectivity index (χ1) is 15.0. The van der Waals surface area contributed by atoms with Crippen molar-refractivity contribution in [3.63, 3.8) is 0 Å². The number of aromatic nitrogens is 1. The van der Waals surface area contributed by atoms with Crippen LogP contribution in [0.2, 0.25) is 0 Å². The first-order valence-corrected chi connectivity index (χ1v) is 12.7. The minimum atomic E-state index is -3.46. The summed E-state index contributed by atoms with van der Waals surface area (Å²) < 4.78 is 26.8. The summed E-state index contributed by atoms with van der Waals surface area (Å²) in [6, 6.07) is 18.2. The first kappa shape index (κ1) is 21.8. The van der Waals surface area contributed by atoms with E-state index in [0.29, 0.717) is 25.2 Å². The molecule has 0 spiro atoms. The molecule has 2 aromatic carbocycles. The monoisotopic (exact) mass is 455 g/mol. The van der Waals surface area contributed by atoms with Gasteiger partial charge in [-0.15, -0.1) is 0 Å². The molecule has 1 aliphatic heterocycles. The molecule has 1 aromatic heterocycles. The average molecular weight is 456 g/mol. The molecule has 3 aromatic rings. The number of amides is 1. The molecule has 0 saturated carbocycles. The Kier molecular flexibility index (Phi) is 6.60. The summed E-state index contributed by atoms with van der Waals surface area (Å²) in [6.07, 6.45) is 2.44. The lowest BCUT2D eigenvalue weighted by molar-refractivity contribution is -0.115. The van der Waals surface area contributed by atoms with Crippen LogP contribution in [-0.4, -0.2) is 42.0 Å². The van der Waals surface area contributed by atoms with Crippen LogP contribution in [0.5, 0.6) is 0 Å². The molecular formula is C23H25N3O3S2. The smallest absolute Gasteiger partial charge is 0.243 e. The molecule has 2 heterocycles. The van der Waals surface area contributed by atoms with Crippen LogP contribution in [0.15, 0.2) is 70.6 Å². The van der Waals surface area contributed by atoms with Gasteiger partial charge in [0.25, 0.3) is 0 Å². The largest absolute Gasteiger partial charge is 0.325 e. The zero-order valence-electron chi connectivity index (χ0n) is 17.3. The van der Waals surface area contributed by atoms with Gasteiger partial charge in [-0.1, -0.05) is 43.0 Å². The van der Waals surface area contributed by atoms with Crippen molar-refractivity contribution in [2.75, 3.05) is 18.4 Å². The summed E-state index contributed by atoms with van der Waals surface area (Å²) in [7, 11) is -3.46. The molecule has 1 aliphatic rings. The number of rotatable bonds is 7. The van der Waals surface area contributed by atoms with Crippen molar-refractivity contribution < 1.29 is 13.2 Å². The number of sulfonamides is 1. The standard InChI is InChI=1S/C23H25N3O3S2/c1-2-21(30-22-14-9-17-7-3-4-8-20(17)25-22)23(27)24-18-10-12-19(13-11-18)31(28,29)26-15-5-6-16-26/h3-4,7-14,21H,2,5-6,15-16H2,1H3,(H,24,27). The quantitative estimate of drug-likeness (QED) is 0.530. The molecule has 8 heteroatoms. The van der Waals surface area contributed by atoms with E-state index in [9.17, 15) is 13.2 Å². The summed E-state index contributed by atoms with van der Waals surface area (Å²) in [5.41, 5.74) is 1.48. The van der Waals surface area contributed by atoms with Crippen LogP contribution < -0.4 is 5.32 Å². The summed E-state index contributed by atoms with van der Waals surface area (Å²) >= 11 is 1.43. The van der Waals surface area contributed by atoms with Crippen LogP contribution in [-0.2, 0) is 14.8 Å². The number of para-hydroxylation sites is 1. The lowest BCUT2D eigenvalue weighted by Crippen LogP contribution is -2.28. The Balaban J connectivity index is 1.43. The van der Waals surface area contributed by atoms with Gasteiger partial charge < -0.3 is 5.32 Å². The van der Waals surface area contributed by atoms with Crippen molar-refractivity contribution in [3.05, 3.63) is 60.7 Å². The maximum atomic E-state index is 12.8. The molecule has 1 fully saturated rings. The topological polar surface area (TPSA) is 79.4 Å². The van der Waals surface area contributed by atoms with Gasteiger partial charge in [0.2, 0.25) is 15.9 Å². The van der Waals surface area contributed by atoms with Gasteiger partial charge in [0.1, 0.15) is 0 Å². The van der Waals surface area contributed by atoms with E-state index in [-0.39, 0.29) is 16.1 Å². The third kappa shape index (κ3) is 4.92. The lowest BCUT2D eigenvalue weighted by atomic mass is 10.2. The molecule has 31 heavy (non-hydrogen) atoms. The number of nitrogens with zero attached hydrogens (tertiary/aromatic N) is 2. The van der Waals surface area contributed by atoms with Crippen LogP contribution in [0, 0.1) is 0 Å². The third-order valence-electron chi connectivity index (χ3n) is 5.32. The normalized spacial score (nSPS) is 15.8. The van der Waals surface area contributed by atoms with Crippen molar-refractivity contribution in [1.29, 1.82) is 0 Å². The van der Waals surface area contributed by atoms with E-state index in [1.54, 1.807) is 24.3 Å². The van der Waals surface area contributed by atoms with Gasteiger partial charge in [-0.2, -0.15) is 4.31 Å². The fraction of sp³-hybridized carbons (Fsp3) is 0.304. The maximum absolute atomic E-state index is 12.8. The number of carbonyl (C=O) groups excluding carboxylic acids is 1. The van der Waals surface area contributed by atoms with E-state index in [1.165, 1.54) is 16.1 Å². The second kappa shape index (κ2) is 9.38. The fourth-order valence-corrected chi connectivity index (χ4v) is 6.03. The molecule has 0 bridgehead atoms. The number of fused-ring (bicyclic) bond motifs is 1. The zero-order chi connectivity index (χ0) is 21.8. The van der Waals surface area contributed by atoms with E-state index >= 15 is 0 Å². The molecule has 4 rings (SSSR count). The Labute approximate surface area is 187 Å². The number of pyridine rings is 1. The Bertz CT molecular complexity index is 1170. The van der Waals surface area contributed by atoms with Crippen molar-refractivity contribution >= 4 is 44.3 Å². The first-order valence-electron chi connectivity index (χ1n) is 10.4. The number of nitrogens with one attached hydrogen (secondary N) is 1. The summed E-state index contributed by atoms with van der Waals surface area (Å²) in [5.74, 6) is -0.127. The zero-order valence-corrected chi connectivity index (χ0v) is 19.0. The van der Waals surface area contributed by atoms with Crippen molar-refractivity contribution in [2.24, 2.45) is 0 Å². The highest BCUT2D eigenvalue weighted by molar-refractivity contribution is 8.00. The molecule has 6 nitrogen and oxygen atoms in total. The highest BCUT2D eigenvalue weighted by Gasteiger charge is 2.27. The molecule has 0 radical (unpaired) electrons. The Morgan fingerprint density at radius 2 is 1.77 bits per heavy atom. The van der Waals surface area contributed by atoms with E-state index < -0.39 is 10.0 Å². The second-order valence-electron chi connectivity index (χ2n) is 7.48. The minimum absolute atomic E-state index is 0.127. The second-order valence-corrected chi connectivity index (χ2v) is 10.6. The van der Waals surface area contributed by atoms with Gasteiger partial charge in [-0.3, -0.25) is 4.79 Å². The van der Waals surface area contributed by atoms with Crippen LogP contribution in [0.25, 0.3) is 10.9 Å². The summed E-state index contributed by atoms with van der Waals surface area (Å²) in [5, 5.41) is 4.46. The number of anilines is 1. The van der Waals surface area contributed by atoms with Crippen molar-refractivity contribution in [3.8, 4) is 0 Å². The highest BCUT2D eigenvalue weighted by Crippen LogP contribution is 2.27. The predicted molar refractivity (Wildman–Crippen MR) is 125 cm³/mol. The van der Waals surface area contributed by atoms with Crippen LogP contribution in [0.4, 0.5) is 5.69 Å². The van der Waals surface area contributed by atoms with Gasteiger partial charge in [-0.25, -0.2) is 13.4 Å². The number of benzene rings is 2. The molecule has 1 saturated heterocycles. The molecular weight excluding hydrogens is 430 g/mol. The number of carbonyl (C=O) groups is 1. The fourth-order valence-electron chi connectivity index (χ4n) is 3.59. The van der Waals surface area contributed by atoms with Crippen LogP contribution in [0.3, 0.4) is 0 Å². The minimum Gasteiger partial charge on any atom is -0.325 e. The average Bonchev–Trinajstić information content (AvgIpc) is 3.33. The number of hydrogen-bond acceptors (Lipinski definition) is 5. The van der Waals surface area contributed by atoms with Gasteiger partial charge in [0.05, 0.1) is 20.7 Å². The van der Waals surface area contributed by atoms with Crippen molar-refractivity contribution in [2.45, 2.75) is 41.4 Å². The SMILES string of the molecule is CCC(Sc1ccc2ccccc2n1)C(=O)Nc1ccc(S(=O)(=O)N2CCCC2)cc1. The third-order valence-corrected chi connectivity index (χ3v) is 8.54. The summed E-state index contributed by atoms with van der Waals surface area (Å²) in [4.78, 5) is 17.7. The molecule has 1 N–H and O–H groups in total. The van der Waals surface area contributed by atoms with E-state index in [2.05, 4.69) is 10.3 Å². The number of hydrogen-bond donors (Lipinski definition) is 1. The van der Waals surface area contributed by atoms with Crippen LogP contribution >= 0.6 is 11.8 Å². The van der Waals surface area contributed by atoms with Gasteiger partial charge in [-0.05, 0) is 55.7 Å². The molecule has 1 amide bonds. The lowest BCUT2D eigenvalue weighted by Gasteiger charge is -2.17. The van der Waals surface area contributed by atoms with E-state index in [0.717, 1.165) is 28.8 Å². The van der Waals surface area contributed by atoms with E-state index in [1.807, 2.05) is 43.3 Å². The van der Waals surface area contributed by atoms with Crippen molar-refractivity contribution in [1.82, 2.24) is 9.29 Å². The molecule has 0 aliphatic carbocycles. The van der Waals surface area contributed by atoms with Gasteiger partial charge in [0.15, 0.2) is 0 Å². The highest BCUT2D eigenvalue weighted by atomic mass is 32.2. The Morgan fingerprint density at radius 1 is 1.06 bits per heavy atom. The van der Waals surface area contributed by atoms with Gasteiger partial charge in [0, 0.05) is 24.2 Å².